The Hall–Kier alpha value is -6.72. The van der Waals surface area contributed by atoms with Gasteiger partial charge in [0.1, 0.15) is 31.6 Å². The molecule has 4 atom stereocenters. The largest absolute Gasteiger partial charge is 0.489 e. The fourth-order valence-electron chi connectivity index (χ4n) is 8.03. The second-order valence-corrected chi connectivity index (χ2v) is 15.8. The molecule has 0 aromatic heterocycles. The van der Waals surface area contributed by atoms with Crippen LogP contribution in [-0.4, -0.2) is 66.9 Å². The monoisotopic (exact) mass is 835 g/mol. The Morgan fingerprint density at radius 1 is 0.774 bits per heavy atom. The maximum absolute atomic E-state index is 14.0. The number of nitrogens with one attached hydrogen (secondary N) is 3. The molecule has 5 aromatic rings. The van der Waals surface area contributed by atoms with Crippen molar-refractivity contribution in [3.63, 3.8) is 0 Å². The zero-order valence-electron chi connectivity index (χ0n) is 34.6. The number of benzene rings is 5. The second-order valence-electron chi connectivity index (χ2n) is 15.8. The number of hydrogen-bond acceptors (Lipinski definition) is 8. The van der Waals surface area contributed by atoms with Gasteiger partial charge in [0.25, 0.3) is 0 Å². The lowest BCUT2D eigenvalue weighted by molar-refractivity contribution is -0.147. The van der Waals surface area contributed by atoms with E-state index in [4.69, 9.17) is 14.2 Å². The summed E-state index contributed by atoms with van der Waals surface area (Å²) < 4.78 is 17.6. The molecule has 3 amide bonds. The van der Waals surface area contributed by atoms with Crippen molar-refractivity contribution in [2.75, 3.05) is 19.8 Å². The van der Waals surface area contributed by atoms with Gasteiger partial charge in [-0.3, -0.25) is 9.59 Å². The third-order valence-electron chi connectivity index (χ3n) is 11.3. The average Bonchev–Trinajstić information content (AvgIpc) is 3.62. The lowest BCUT2D eigenvalue weighted by atomic mass is 9.97. The maximum Gasteiger partial charge on any atom is 0.407 e. The van der Waals surface area contributed by atoms with E-state index in [1.807, 2.05) is 133 Å². The van der Waals surface area contributed by atoms with Crippen LogP contribution in [0.25, 0.3) is 11.1 Å². The average molecular weight is 836 g/mol. The molecule has 5 aromatic carbocycles. The van der Waals surface area contributed by atoms with E-state index in [9.17, 15) is 24.3 Å². The van der Waals surface area contributed by atoms with Crippen LogP contribution in [0.1, 0.15) is 59.4 Å². The summed E-state index contributed by atoms with van der Waals surface area (Å²) in [6.07, 6.45) is 4.40. The highest BCUT2D eigenvalue weighted by Gasteiger charge is 2.31. The number of rotatable bonds is 14. The molecule has 0 bridgehead atoms. The van der Waals surface area contributed by atoms with Crippen molar-refractivity contribution in [3.05, 3.63) is 173 Å². The van der Waals surface area contributed by atoms with Gasteiger partial charge in [-0.25, -0.2) is 9.59 Å². The maximum atomic E-state index is 14.0. The highest BCUT2D eigenvalue weighted by molar-refractivity contribution is 5.86. The molecular weight excluding hydrogens is 783 g/mol. The highest BCUT2D eigenvalue weighted by Crippen LogP contribution is 2.44. The number of esters is 1. The molecule has 0 fully saturated rings. The number of carbonyl (C=O) groups is 4. The van der Waals surface area contributed by atoms with Crippen LogP contribution in [0, 0.1) is 5.92 Å². The standard InChI is InChI=1S/C51H53N3O8/c55-31-39(28-35-14-4-1-5-15-35)52-48(56)30-38-18-8-3-9-23-47(54-51(59)62-34-46-44-21-12-10-19-42(44)43-20-11-13-22-45(43)46)50(58)61-33-40(53-49(38)57)29-36-24-26-41(27-25-36)60-32-37-16-6-2-7-17-37/h1-8,10-17,19-22,24-27,38-40,46-47,55H,9,18,23,28-34H2,(H,52,56)(H,53,57)(H,54,59)/t38-,39-,40+,47+/m1/s1. The molecule has 0 spiro atoms. The van der Waals surface area contributed by atoms with Crippen LogP contribution >= 0.6 is 0 Å². The quantitative estimate of drug-likeness (QED) is 0.0677. The fraction of sp³-hybridized carbons (Fsp3) is 0.294. The van der Waals surface area contributed by atoms with E-state index in [2.05, 4.69) is 28.1 Å². The van der Waals surface area contributed by atoms with Gasteiger partial charge >= 0.3 is 12.1 Å². The third-order valence-corrected chi connectivity index (χ3v) is 11.3. The Kier molecular flexibility index (Phi) is 15.2. The first kappa shape index (κ1) is 43.4. The molecule has 62 heavy (non-hydrogen) atoms. The topological polar surface area (TPSA) is 152 Å². The van der Waals surface area contributed by atoms with Gasteiger partial charge in [-0.05, 0) is 83.2 Å². The molecule has 0 saturated carbocycles. The van der Waals surface area contributed by atoms with Crippen molar-refractivity contribution >= 4 is 23.9 Å². The summed E-state index contributed by atoms with van der Waals surface area (Å²) >= 11 is 0. The number of ether oxygens (including phenoxy) is 3. The van der Waals surface area contributed by atoms with Gasteiger partial charge in [0, 0.05) is 12.3 Å². The van der Waals surface area contributed by atoms with Crippen molar-refractivity contribution in [1.82, 2.24) is 16.0 Å². The predicted octanol–water partition coefficient (Wildman–Crippen LogP) is 7.21. The Labute approximate surface area is 362 Å². The number of aliphatic hydroxyl groups is 1. The molecule has 2 aliphatic rings. The van der Waals surface area contributed by atoms with Gasteiger partial charge in [0.15, 0.2) is 0 Å². The number of fused-ring (bicyclic) bond motifs is 3. The van der Waals surface area contributed by atoms with Gasteiger partial charge in [-0.1, -0.05) is 133 Å². The van der Waals surface area contributed by atoms with Crippen molar-refractivity contribution in [1.29, 1.82) is 0 Å². The highest BCUT2D eigenvalue weighted by atomic mass is 16.6. The Morgan fingerprint density at radius 3 is 2.10 bits per heavy atom. The smallest absolute Gasteiger partial charge is 0.407 e. The van der Waals surface area contributed by atoms with E-state index >= 15 is 0 Å². The first-order valence-corrected chi connectivity index (χ1v) is 21.3. The van der Waals surface area contributed by atoms with Crippen LogP contribution in [0.4, 0.5) is 4.79 Å². The van der Waals surface area contributed by atoms with E-state index in [1.54, 1.807) is 0 Å². The summed E-state index contributed by atoms with van der Waals surface area (Å²) in [6.45, 7) is 0.0582. The molecule has 4 N–H and O–H groups in total. The summed E-state index contributed by atoms with van der Waals surface area (Å²) in [5.41, 5.74) is 7.23. The first-order chi connectivity index (χ1) is 30.3. The predicted molar refractivity (Wildman–Crippen MR) is 236 cm³/mol. The number of hydrogen-bond donors (Lipinski definition) is 4. The molecule has 11 nitrogen and oxygen atoms in total. The molecule has 1 heterocycles. The van der Waals surface area contributed by atoms with Gasteiger partial charge in [0.05, 0.1) is 24.6 Å². The van der Waals surface area contributed by atoms with E-state index < -0.39 is 36.1 Å². The number of carbonyl (C=O) groups excluding carboxylic acids is 4. The van der Waals surface area contributed by atoms with E-state index in [0.717, 1.165) is 38.9 Å². The normalized spacial score (nSPS) is 18.3. The van der Waals surface area contributed by atoms with Gasteiger partial charge < -0.3 is 35.3 Å². The van der Waals surface area contributed by atoms with Crippen LogP contribution in [0.3, 0.4) is 0 Å². The molecule has 1 aliphatic heterocycles. The Morgan fingerprint density at radius 2 is 1.42 bits per heavy atom. The molecule has 0 unspecified atom stereocenters. The number of amides is 3. The first-order valence-electron chi connectivity index (χ1n) is 21.3. The zero-order valence-corrected chi connectivity index (χ0v) is 34.6. The van der Waals surface area contributed by atoms with E-state index in [-0.39, 0.29) is 56.8 Å². The summed E-state index contributed by atoms with van der Waals surface area (Å²) in [5, 5.41) is 18.8. The number of alkyl carbamates (subject to hydrolysis) is 1. The van der Waals surface area contributed by atoms with E-state index in [1.165, 1.54) is 0 Å². The minimum absolute atomic E-state index is 0.0893. The minimum atomic E-state index is -1.02. The van der Waals surface area contributed by atoms with Crippen LogP contribution in [0.5, 0.6) is 5.75 Å². The second kappa shape index (κ2) is 21.7. The Balaban J connectivity index is 1.02. The van der Waals surface area contributed by atoms with Gasteiger partial charge in [-0.15, -0.1) is 0 Å². The molecule has 11 heteroatoms. The lowest BCUT2D eigenvalue weighted by Gasteiger charge is -2.24. The third kappa shape index (κ3) is 12.0. The Bertz CT molecular complexity index is 2250. The molecule has 320 valence electrons. The molecule has 7 rings (SSSR count). The SMILES string of the molecule is O=C(C[C@H]1CC=CCC[C@H](NC(=O)OCC2c3ccccc3-c3ccccc32)C(=O)OC[C@H](Cc2ccc(OCc3ccccc3)cc2)NC1=O)N[C@@H](CO)Cc1ccccc1. The van der Waals surface area contributed by atoms with Crippen molar-refractivity contribution < 1.29 is 38.5 Å². The summed E-state index contributed by atoms with van der Waals surface area (Å²) in [7, 11) is 0. The van der Waals surface area contributed by atoms with Crippen LogP contribution in [0.15, 0.2) is 146 Å². The van der Waals surface area contributed by atoms with Crippen LogP contribution < -0.4 is 20.7 Å². The summed E-state index contributed by atoms with van der Waals surface area (Å²) in [4.78, 5) is 54.4. The van der Waals surface area contributed by atoms with Crippen LogP contribution in [0.2, 0.25) is 0 Å². The van der Waals surface area contributed by atoms with Gasteiger partial charge in [0.2, 0.25) is 11.8 Å². The summed E-state index contributed by atoms with van der Waals surface area (Å²) in [5.74, 6) is -1.60. The van der Waals surface area contributed by atoms with Crippen molar-refractivity contribution in [3.8, 4) is 16.9 Å². The minimum Gasteiger partial charge on any atom is -0.489 e. The molecule has 0 saturated heterocycles. The summed E-state index contributed by atoms with van der Waals surface area (Å²) in [6, 6.07) is 40.8. The van der Waals surface area contributed by atoms with Crippen LogP contribution in [-0.2, 0) is 43.3 Å². The van der Waals surface area contributed by atoms with Gasteiger partial charge in [-0.2, -0.15) is 0 Å². The number of allylic oxidation sites excluding steroid dienone is 2. The number of aliphatic hydroxyl groups excluding tert-OH is 1. The number of cyclic esters (lactones) is 1. The van der Waals surface area contributed by atoms with Crippen molar-refractivity contribution in [2.24, 2.45) is 5.92 Å². The zero-order chi connectivity index (χ0) is 43.1. The fourth-order valence-corrected chi connectivity index (χ4v) is 8.03. The molecular formula is C51H53N3O8. The lowest BCUT2D eigenvalue weighted by Crippen LogP contribution is -2.47. The molecule has 0 radical (unpaired) electrons. The van der Waals surface area contributed by atoms with E-state index in [0.29, 0.717) is 31.6 Å². The molecule has 1 aliphatic carbocycles. The van der Waals surface area contributed by atoms with Crippen molar-refractivity contribution in [2.45, 2.75) is 69.2 Å².